The van der Waals surface area contributed by atoms with Crippen LogP contribution in [0.4, 0.5) is 0 Å². The van der Waals surface area contributed by atoms with E-state index in [4.69, 9.17) is 30.6 Å². The van der Waals surface area contributed by atoms with Gasteiger partial charge in [0.05, 0.1) is 12.0 Å². The Morgan fingerprint density at radius 2 is 2.22 bits per heavy atom. The van der Waals surface area contributed by atoms with Gasteiger partial charge in [-0.15, -0.1) is 0 Å². The predicted octanol–water partition coefficient (Wildman–Crippen LogP) is 2.81. The van der Waals surface area contributed by atoms with Gasteiger partial charge in [-0.3, -0.25) is 0 Å². The molecule has 0 aliphatic rings. The standard InChI is InChI=1S/C12H11ClO5/c1-16-4-5-17-10-8-6-7(13)2-3-9(8)18-11(10)12(14)15/h2-3,6H,4-5H2,1H3,(H,14,15). The van der Waals surface area contributed by atoms with Crippen molar-refractivity contribution in [1.82, 2.24) is 0 Å². The molecule has 0 fully saturated rings. The fraction of sp³-hybridized carbons (Fsp3) is 0.250. The maximum Gasteiger partial charge on any atom is 0.375 e. The molecule has 0 atom stereocenters. The van der Waals surface area contributed by atoms with Crippen molar-refractivity contribution < 1.29 is 23.8 Å². The average molecular weight is 271 g/mol. The highest BCUT2D eigenvalue weighted by Crippen LogP contribution is 2.34. The lowest BCUT2D eigenvalue weighted by molar-refractivity contribution is 0.0655. The topological polar surface area (TPSA) is 68.9 Å². The first kappa shape index (κ1) is 12.7. The number of halogens is 1. The lowest BCUT2D eigenvalue weighted by atomic mass is 10.2. The van der Waals surface area contributed by atoms with Crippen LogP contribution in [0.5, 0.6) is 5.75 Å². The van der Waals surface area contributed by atoms with Crippen LogP contribution in [0.1, 0.15) is 10.6 Å². The SMILES string of the molecule is COCCOc1c(C(=O)O)oc2ccc(Cl)cc12. The first-order valence-corrected chi connectivity index (χ1v) is 5.58. The summed E-state index contributed by atoms with van der Waals surface area (Å²) in [6.45, 7) is 0.588. The van der Waals surface area contributed by atoms with Gasteiger partial charge in [0.25, 0.3) is 5.76 Å². The van der Waals surface area contributed by atoms with Gasteiger partial charge in [0.15, 0.2) is 5.75 Å². The largest absolute Gasteiger partial charge is 0.486 e. The van der Waals surface area contributed by atoms with Crippen LogP contribution in [-0.4, -0.2) is 31.4 Å². The van der Waals surface area contributed by atoms with Crippen LogP contribution >= 0.6 is 11.6 Å². The molecule has 96 valence electrons. The molecule has 1 heterocycles. The molecule has 0 radical (unpaired) electrons. The van der Waals surface area contributed by atoms with Crippen molar-refractivity contribution in [3.8, 4) is 5.75 Å². The lowest BCUT2D eigenvalue weighted by Gasteiger charge is -2.04. The molecule has 1 N–H and O–H groups in total. The summed E-state index contributed by atoms with van der Waals surface area (Å²) in [5.41, 5.74) is 0.421. The second-order valence-corrected chi connectivity index (χ2v) is 3.98. The Labute approximate surface area is 108 Å². The highest BCUT2D eigenvalue weighted by Gasteiger charge is 2.21. The molecule has 6 heteroatoms. The molecule has 2 aromatic rings. The lowest BCUT2D eigenvalue weighted by Crippen LogP contribution is -2.06. The fourth-order valence-corrected chi connectivity index (χ4v) is 1.73. The van der Waals surface area contributed by atoms with Gasteiger partial charge in [0.1, 0.15) is 12.2 Å². The van der Waals surface area contributed by atoms with Gasteiger partial charge in [0, 0.05) is 12.1 Å². The molecule has 1 aromatic heterocycles. The van der Waals surface area contributed by atoms with Gasteiger partial charge >= 0.3 is 5.97 Å². The van der Waals surface area contributed by atoms with Crippen LogP contribution in [0.2, 0.25) is 5.02 Å². The van der Waals surface area contributed by atoms with Crippen LogP contribution < -0.4 is 4.74 Å². The number of methoxy groups -OCH3 is 1. The Hall–Kier alpha value is -1.72. The summed E-state index contributed by atoms with van der Waals surface area (Å²) in [4.78, 5) is 11.1. The Kier molecular flexibility index (Phi) is 3.74. The smallest absolute Gasteiger partial charge is 0.375 e. The van der Waals surface area contributed by atoms with E-state index in [1.807, 2.05) is 0 Å². The number of fused-ring (bicyclic) bond motifs is 1. The summed E-state index contributed by atoms with van der Waals surface area (Å²) in [5.74, 6) is -1.24. The molecular weight excluding hydrogens is 260 g/mol. The van der Waals surface area contributed by atoms with E-state index in [1.54, 1.807) is 18.2 Å². The molecule has 0 aliphatic carbocycles. The van der Waals surface area contributed by atoms with E-state index in [2.05, 4.69) is 0 Å². The molecular formula is C12H11ClO5. The van der Waals surface area contributed by atoms with Gasteiger partial charge in [-0.2, -0.15) is 0 Å². The number of hydrogen-bond acceptors (Lipinski definition) is 4. The van der Waals surface area contributed by atoms with Crippen LogP contribution in [0, 0.1) is 0 Å². The Balaban J connectivity index is 2.47. The number of rotatable bonds is 5. The van der Waals surface area contributed by atoms with Crippen LogP contribution in [0.3, 0.4) is 0 Å². The van der Waals surface area contributed by atoms with Crippen molar-refractivity contribution >= 4 is 28.5 Å². The summed E-state index contributed by atoms with van der Waals surface area (Å²) in [5, 5.41) is 10.1. The van der Waals surface area contributed by atoms with E-state index >= 15 is 0 Å². The maximum atomic E-state index is 11.1. The van der Waals surface area contributed by atoms with Crippen molar-refractivity contribution in [1.29, 1.82) is 0 Å². The molecule has 0 spiro atoms. The summed E-state index contributed by atoms with van der Waals surface area (Å²) in [6, 6.07) is 4.83. The normalized spacial score (nSPS) is 10.8. The van der Waals surface area contributed by atoms with E-state index < -0.39 is 5.97 Å². The summed E-state index contributed by atoms with van der Waals surface area (Å²) >= 11 is 5.87. The first-order chi connectivity index (χ1) is 8.63. The number of benzene rings is 1. The first-order valence-electron chi connectivity index (χ1n) is 5.20. The summed E-state index contributed by atoms with van der Waals surface area (Å²) < 4.78 is 15.5. The number of ether oxygens (including phenoxy) is 2. The molecule has 1 aromatic carbocycles. The van der Waals surface area contributed by atoms with Crippen molar-refractivity contribution in [2.24, 2.45) is 0 Å². The molecule has 0 amide bonds. The number of carbonyl (C=O) groups is 1. The van der Waals surface area contributed by atoms with E-state index in [0.717, 1.165) is 0 Å². The molecule has 0 unspecified atom stereocenters. The third-order valence-corrected chi connectivity index (χ3v) is 2.57. The van der Waals surface area contributed by atoms with Crippen molar-refractivity contribution in [3.05, 3.63) is 29.0 Å². The highest BCUT2D eigenvalue weighted by atomic mass is 35.5. The zero-order chi connectivity index (χ0) is 13.1. The van der Waals surface area contributed by atoms with Crippen LogP contribution in [-0.2, 0) is 4.74 Å². The Morgan fingerprint density at radius 3 is 2.89 bits per heavy atom. The second kappa shape index (κ2) is 5.29. The predicted molar refractivity (Wildman–Crippen MR) is 65.6 cm³/mol. The number of carboxylic acid groups (broad SMARTS) is 1. The van der Waals surface area contributed by atoms with Crippen molar-refractivity contribution in [3.63, 3.8) is 0 Å². The minimum atomic E-state index is -1.19. The fourth-order valence-electron chi connectivity index (χ4n) is 1.56. The third-order valence-electron chi connectivity index (χ3n) is 2.33. The Bertz CT molecular complexity index is 575. The monoisotopic (exact) mass is 270 g/mol. The van der Waals surface area contributed by atoms with Gasteiger partial charge in [0.2, 0.25) is 0 Å². The molecule has 18 heavy (non-hydrogen) atoms. The van der Waals surface area contributed by atoms with Crippen LogP contribution in [0.15, 0.2) is 22.6 Å². The van der Waals surface area contributed by atoms with Crippen LogP contribution in [0.25, 0.3) is 11.0 Å². The zero-order valence-electron chi connectivity index (χ0n) is 9.60. The molecule has 0 aliphatic heterocycles. The number of furan rings is 1. The van der Waals surface area contributed by atoms with E-state index in [0.29, 0.717) is 22.6 Å². The number of carboxylic acids is 1. The second-order valence-electron chi connectivity index (χ2n) is 3.55. The molecule has 5 nitrogen and oxygen atoms in total. The number of hydrogen-bond donors (Lipinski definition) is 1. The van der Waals surface area contributed by atoms with Gasteiger partial charge in [-0.05, 0) is 18.2 Å². The molecule has 0 bridgehead atoms. The molecule has 2 rings (SSSR count). The Morgan fingerprint density at radius 1 is 1.44 bits per heavy atom. The summed E-state index contributed by atoms with van der Waals surface area (Å²) in [6.07, 6.45) is 0. The van der Waals surface area contributed by atoms with Crippen molar-refractivity contribution in [2.75, 3.05) is 20.3 Å². The average Bonchev–Trinajstić information content (AvgIpc) is 2.68. The molecule has 0 saturated heterocycles. The summed E-state index contributed by atoms with van der Waals surface area (Å²) in [7, 11) is 1.53. The van der Waals surface area contributed by atoms with Crippen molar-refractivity contribution in [2.45, 2.75) is 0 Å². The van der Waals surface area contributed by atoms with E-state index in [-0.39, 0.29) is 18.1 Å². The van der Waals surface area contributed by atoms with E-state index in [9.17, 15) is 4.79 Å². The minimum absolute atomic E-state index is 0.178. The zero-order valence-corrected chi connectivity index (χ0v) is 10.4. The maximum absolute atomic E-state index is 11.1. The van der Waals surface area contributed by atoms with Gasteiger partial charge in [-0.1, -0.05) is 11.6 Å². The molecule has 0 saturated carbocycles. The van der Waals surface area contributed by atoms with E-state index in [1.165, 1.54) is 7.11 Å². The quantitative estimate of drug-likeness (QED) is 0.846. The third kappa shape index (κ3) is 2.42. The minimum Gasteiger partial charge on any atom is -0.486 e. The van der Waals surface area contributed by atoms with Gasteiger partial charge < -0.3 is 19.0 Å². The van der Waals surface area contributed by atoms with Gasteiger partial charge in [-0.25, -0.2) is 4.79 Å². The number of aromatic carboxylic acids is 1. The highest BCUT2D eigenvalue weighted by molar-refractivity contribution is 6.31.